The molecule has 0 spiro atoms. The van der Waals surface area contributed by atoms with Crippen molar-refractivity contribution in [3.63, 3.8) is 0 Å². The largest absolute Gasteiger partial charge is 0.497 e. The van der Waals surface area contributed by atoms with Crippen molar-refractivity contribution < 1.29 is 17.1 Å². The van der Waals surface area contributed by atoms with Crippen molar-refractivity contribution in [2.75, 3.05) is 0 Å². The summed E-state index contributed by atoms with van der Waals surface area (Å²) < 4.78 is 0. The monoisotopic (exact) mass is 97.0 g/mol. The Kier molecular flexibility index (Phi) is 25.9. The summed E-state index contributed by atoms with van der Waals surface area (Å²) in [5.41, 5.74) is 4.50. The standard InChI is InChI=1S/C2H4N.Mn/c1-2-3;/h1-2H,3H2;/q-1;. The molecule has 0 unspecified atom stereocenters. The van der Waals surface area contributed by atoms with Crippen LogP contribution in [0.3, 0.4) is 0 Å². The van der Waals surface area contributed by atoms with Crippen LogP contribution in [0.25, 0.3) is 0 Å². The summed E-state index contributed by atoms with van der Waals surface area (Å²) in [6.45, 7) is 4.50. The van der Waals surface area contributed by atoms with E-state index in [1.54, 1.807) is 0 Å². The molecule has 0 rings (SSSR count). The second-order valence-electron chi connectivity index (χ2n) is 0.192. The molecule has 0 aliphatic carbocycles. The van der Waals surface area contributed by atoms with Crippen molar-refractivity contribution in [3.05, 3.63) is 12.8 Å². The van der Waals surface area contributed by atoms with Crippen LogP contribution in [0.5, 0.6) is 0 Å². The molecule has 0 aromatic carbocycles. The van der Waals surface area contributed by atoms with E-state index in [9.17, 15) is 0 Å². The normalized spacial score (nSPS) is 3.00. The molecule has 0 amide bonds. The Morgan fingerprint density at radius 1 is 1.75 bits per heavy atom. The summed E-state index contributed by atoms with van der Waals surface area (Å²) >= 11 is 0. The third-order valence-corrected chi connectivity index (χ3v) is 0. The average Bonchev–Trinajstić information content (AvgIpc) is 0.918. The maximum Gasteiger partial charge on any atom is 0 e. The van der Waals surface area contributed by atoms with Gasteiger partial charge in [0.05, 0.1) is 0 Å². The molecule has 1 nitrogen and oxygen atoms in total. The fraction of sp³-hybridized carbons (Fsp3) is 0. The maximum absolute atomic E-state index is 4.50. The van der Waals surface area contributed by atoms with Gasteiger partial charge in [0.2, 0.25) is 0 Å². The Balaban J connectivity index is 0. The zero-order valence-corrected chi connectivity index (χ0v) is 3.29. The van der Waals surface area contributed by atoms with Crippen LogP contribution in [0.4, 0.5) is 0 Å². The molecular weight excluding hydrogens is 93.0 g/mol. The van der Waals surface area contributed by atoms with Crippen LogP contribution in [0.1, 0.15) is 0 Å². The second kappa shape index (κ2) is 11.6. The molecule has 4 heavy (non-hydrogen) atoms. The van der Waals surface area contributed by atoms with Crippen LogP contribution in [0.2, 0.25) is 0 Å². The molecule has 0 aromatic heterocycles. The van der Waals surface area contributed by atoms with Gasteiger partial charge in [-0.3, -0.25) is 0 Å². The molecule has 0 aliphatic rings. The molecule has 0 saturated carbocycles. The van der Waals surface area contributed by atoms with Gasteiger partial charge in [0, 0.05) is 17.1 Å². The molecule has 0 heterocycles. The molecule has 0 atom stereocenters. The molecule has 0 saturated heterocycles. The molecular formula is C2H4MnN-. The molecule has 2 heteroatoms. The predicted molar refractivity (Wildman–Crippen MR) is 13.1 cm³/mol. The predicted octanol–water partition coefficient (Wildman–Crippen LogP) is -0.111. The molecule has 1 radical (unpaired) electrons. The van der Waals surface area contributed by atoms with Gasteiger partial charge in [0.1, 0.15) is 0 Å². The molecule has 0 aliphatic heterocycles. The van der Waals surface area contributed by atoms with Gasteiger partial charge in [-0.2, -0.15) is 6.20 Å². The van der Waals surface area contributed by atoms with Crippen LogP contribution in [-0.4, -0.2) is 0 Å². The minimum Gasteiger partial charge on any atom is -0.497 e. The van der Waals surface area contributed by atoms with Gasteiger partial charge >= 0.3 is 0 Å². The first-order chi connectivity index (χ1) is 1.41. The molecule has 0 bridgehead atoms. The minimum absolute atomic E-state index is 0. The third-order valence-electron chi connectivity index (χ3n) is 0. The SMILES string of the molecule is [CH-]=CN.[Mn]. The topological polar surface area (TPSA) is 26.0 Å². The maximum atomic E-state index is 4.50. The Morgan fingerprint density at radius 2 is 1.75 bits per heavy atom. The summed E-state index contributed by atoms with van der Waals surface area (Å²) in [6.07, 6.45) is 1.00. The van der Waals surface area contributed by atoms with Gasteiger partial charge in [-0.1, -0.05) is 0 Å². The van der Waals surface area contributed by atoms with E-state index in [1.165, 1.54) is 0 Å². The Bertz CT molecular complexity index is 13.5. The fourth-order valence-corrected chi connectivity index (χ4v) is 0. The van der Waals surface area contributed by atoms with E-state index in [1.807, 2.05) is 0 Å². The second-order valence-corrected chi connectivity index (χ2v) is 0.192. The van der Waals surface area contributed by atoms with Crippen molar-refractivity contribution in [2.24, 2.45) is 5.73 Å². The van der Waals surface area contributed by atoms with Gasteiger partial charge in [0.25, 0.3) is 0 Å². The smallest absolute Gasteiger partial charge is 0 e. The summed E-state index contributed by atoms with van der Waals surface area (Å²) in [6, 6.07) is 0. The van der Waals surface area contributed by atoms with Crippen LogP contribution in [0, 0.1) is 6.58 Å². The van der Waals surface area contributed by atoms with Crippen LogP contribution < -0.4 is 5.73 Å². The minimum atomic E-state index is 0. The summed E-state index contributed by atoms with van der Waals surface area (Å²) in [7, 11) is 0. The van der Waals surface area contributed by atoms with Crippen molar-refractivity contribution in [3.8, 4) is 0 Å². The molecule has 25 valence electrons. The first-order valence-electron chi connectivity index (χ1n) is 0.667. The van der Waals surface area contributed by atoms with Gasteiger partial charge < -0.3 is 12.3 Å². The van der Waals surface area contributed by atoms with E-state index >= 15 is 0 Å². The average molecular weight is 97.0 g/mol. The van der Waals surface area contributed by atoms with Crippen molar-refractivity contribution in [1.82, 2.24) is 0 Å². The fourth-order valence-electron chi connectivity index (χ4n) is 0. The number of nitrogens with two attached hydrogens (primary N) is 1. The first kappa shape index (κ1) is 8.96. The van der Waals surface area contributed by atoms with E-state index in [2.05, 4.69) is 12.3 Å². The van der Waals surface area contributed by atoms with Crippen molar-refractivity contribution in [2.45, 2.75) is 0 Å². The van der Waals surface area contributed by atoms with Gasteiger partial charge in [-0.05, 0) is 0 Å². The molecule has 0 fully saturated rings. The van der Waals surface area contributed by atoms with E-state index in [-0.39, 0.29) is 17.1 Å². The summed E-state index contributed by atoms with van der Waals surface area (Å²) in [4.78, 5) is 0. The van der Waals surface area contributed by atoms with E-state index in [4.69, 9.17) is 0 Å². The Labute approximate surface area is 36.4 Å². The molecule has 2 N–H and O–H groups in total. The third kappa shape index (κ3) is 653. The quantitative estimate of drug-likeness (QED) is 0.331. The molecule has 0 aromatic rings. The Morgan fingerprint density at radius 3 is 1.75 bits per heavy atom. The number of hydrogen-bond acceptors (Lipinski definition) is 1. The van der Waals surface area contributed by atoms with Crippen molar-refractivity contribution in [1.29, 1.82) is 0 Å². The van der Waals surface area contributed by atoms with Gasteiger partial charge in [0.15, 0.2) is 0 Å². The van der Waals surface area contributed by atoms with E-state index < -0.39 is 0 Å². The number of rotatable bonds is 0. The summed E-state index contributed by atoms with van der Waals surface area (Å²) in [5, 5.41) is 0. The van der Waals surface area contributed by atoms with Crippen LogP contribution in [-0.2, 0) is 17.1 Å². The van der Waals surface area contributed by atoms with E-state index in [0.29, 0.717) is 0 Å². The van der Waals surface area contributed by atoms with Gasteiger partial charge in [-0.15, -0.1) is 0 Å². The Hall–Kier alpha value is 0.0595. The van der Waals surface area contributed by atoms with Crippen LogP contribution >= 0.6 is 0 Å². The van der Waals surface area contributed by atoms with Gasteiger partial charge in [-0.25, -0.2) is 0 Å². The first-order valence-corrected chi connectivity index (χ1v) is 0.667. The number of hydrogen-bond donors (Lipinski definition) is 1. The van der Waals surface area contributed by atoms with Crippen LogP contribution in [0.15, 0.2) is 6.20 Å². The van der Waals surface area contributed by atoms with E-state index in [0.717, 1.165) is 6.20 Å². The van der Waals surface area contributed by atoms with Crippen molar-refractivity contribution >= 4 is 0 Å². The zero-order chi connectivity index (χ0) is 2.71. The summed E-state index contributed by atoms with van der Waals surface area (Å²) in [5.74, 6) is 0. The zero-order valence-electron chi connectivity index (χ0n) is 2.11.